The first kappa shape index (κ1) is 17.1. The summed E-state index contributed by atoms with van der Waals surface area (Å²) in [5.74, 6) is -1.25. The highest BCUT2D eigenvalue weighted by Gasteiger charge is 2.25. The van der Waals surface area contributed by atoms with Crippen LogP contribution in [0.25, 0.3) is 0 Å². The highest BCUT2D eigenvalue weighted by molar-refractivity contribution is 6.31. The van der Waals surface area contributed by atoms with Crippen LogP contribution in [0.3, 0.4) is 0 Å². The Bertz CT molecular complexity index is 539. The van der Waals surface area contributed by atoms with E-state index in [0.717, 1.165) is 0 Å². The van der Waals surface area contributed by atoms with Gasteiger partial charge in [-0.2, -0.15) is 0 Å². The van der Waals surface area contributed by atoms with Crippen LogP contribution in [0.2, 0.25) is 5.02 Å². The maximum Gasteiger partial charge on any atom is 0.408 e. The van der Waals surface area contributed by atoms with E-state index in [1.807, 2.05) is 0 Å². The number of carboxylic acids is 1. The number of benzene rings is 1. The zero-order chi connectivity index (χ0) is 16.2. The van der Waals surface area contributed by atoms with Gasteiger partial charge in [0.05, 0.1) is 0 Å². The summed E-state index contributed by atoms with van der Waals surface area (Å²) in [6, 6.07) is 3.00. The van der Waals surface area contributed by atoms with Crippen molar-refractivity contribution in [1.29, 1.82) is 0 Å². The number of ether oxygens (including phenoxy) is 1. The molecule has 0 fully saturated rings. The van der Waals surface area contributed by atoms with Gasteiger partial charge in [-0.25, -0.2) is 9.59 Å². The monoisotopic (exact) mass is 315 g/mol. The van der Waals surface area contributed by atoms with Gasteiger partial charge in [0.1, 0.15) is 17.4 Å². The van der Waals surface area contributed by atoms with E-state index in [1.165, 1.54) is 18.2 Å². The van der Waals surface area contributed by atoms with Crippen molar-refractivity contribution < 1.29 is 24.5 Å². The minimum atomic E-state index is -1.22. The second-order valence-corrected chi connectivity index (χ2v) is 5.92. The van der Waals surface area contributed by atoms with E-state index in [0.29, 0.717) is 10.6 Å². The van der Waals surface area contributed by atoms with Gasteiger partial charge >= 0.3 is 12.1 Å². The number of aromatic hydroxyl groups is 1. The predicted octanol–water partition coefficient (Wildman–Crippen LogP) is 2.57. The highest BCUT2D eigenvalue weighted by atomic mass is 35.5. The minimum absolute atomic E-state index is 0.0317. The lowest BCUT2D eigenvalue weighted by Gasteiger charge is -2.22. The first-order chi connectivity index (χ1) is 9.58. The molecule has 1 rings (SSSR count). The van der Waals surface area contributed by atoms with Crippen molar-refractivity contribution in [3.05, 3.63) is 28.8 Å². The maximum absolute atomic E-state index is 11.6. The number of phenols is 1. The Morgan fingerprint density at radius 1 is 1.38 bits per heavy atom. The van der Waals surface area contributed by atoms with Crippen molar-refractivity contribution in [1.82, 2.24) is 5.32 Å². The summed E-state index contributed by atoms with van der Waals surface area (Å²) in [4.78, 5) is 22.9. The normalized spacial score (nSPS) is 12.6. The van der Waals surface area contributed by atoms with E-state index >= 15 is 0 Å². The third kappa shape index (κ3) is 5.91. The van der Waals surface area contributed by atoms with E-state index in [1.54, 1.807) is 20.8 Å². The third-order valence-electron chi connectivity index (χ3n) is 2.44. The largest absolute Gasteiger partial charge is 0.508 e. The lowest BCUT2D eigenvalue weighted by Crippen LogP contribution is -2.44. The van der Waals surface area contributed by atoms with E-state index in [-0.39, 0.29) is 12.2 Å². The van der Waals surface area contributed by atoms with Gasteiger partial charge in [0.25, 0.3) is 0 Å². The van der Waals surface area contributed by atoms with Gasteiger partial charge < -0.3 is 20.3 Å². The van der Waals surface area contributed by atoms with Crippen LogP contribution >= 0.6 is 11.6 Å². The van der Waals surface area contributed by atoms with Gasteiger partial charge in [0.2, 0.25) is 0 Å². The number of nitrogens with one attached hydrogen (secondary N) is 1. The van der Waals surface area contributed by atoms with Gasteiger partial charge in [-0.05, 0) is 44.5 Å². The number of hydrogen-bond donors (Lipinski definition) is 3. The number of hydrogen-bond acceptors (Lipinski definition) is 4. The van der Waals surface area contributed by atoms with Gasteiger partial charge in [-0.3, -0.25) is 0 Å². The van der Waals surface area contributed by atoms with Gasteiger partial charge in [0.15, 0.2) is 0 Å². The van der Waals surface area contributed by atoms with E-state index < -0.39 is 23.7 Å². The van der Waals surface area contributed by atoms with Crippen molar-refractivity contribution in [2.75, 3.05) is 0 Å². The maximum atomic E-state index is 11.6. The molecule has 21 heavy (non-hydrogen) atoms. The number of carboxylic acid groups (broad SMARTS) is 1. The van der Waals surface area contributed by atoms with E-state index in [2.05, 4.69) is 5.32 Å². The third-order valence-corrected chi connectivity index (χ3v) is 2.81. The molecule has 116 valence electrons. The fourth-order valence-corrected chi connectivity index (χ4v) is 1.78. The molecule has 0 heterocycles. The number of halogens is 1. The van der Waals surface area contributed by atoms with Crippen molar-refractivity contribution >= 4 is 23.7 Å². The Kier molecular flexibility index (Phi) is 5.43. The molecule has 0 aliphatic heterocycles. The Labute approximate surface area is 127 Å². The average Bonchev–Trinajstić information content (AvgIpc) is 2.30. The first-order valence-electron chi connectivity index (χ1n) is 6.28. The van der Waals surface area contributed by atoms with Crippen LogP contribution in [0.1, 0.15) is 26.3 Å². The zero-order valence-corrected chi connectivity index (χ0v) is 12.8. The Morgan fingerprint density at radius 3 is 2.52 bits per heavy atom. The number of carbonyl (C=O) groups excluding carboxylic acids is 1. The molecule has 0 spiro atoms. The molecule has 0 saturated carbocycles. The summed E-state index contributed by atoms with van der Waals surface area (Å²) >= 11 is 5.94. The summed E-state index contributed by atoms with van der Waals surface area (Å²) in [6.45, 7) is 5.03. The second-order valence-electron chi connectivity index (χ2n) is 5.52. The average molecular weight is 316 g/mol. The molecule has 0 aliphatic rings. The molecular formula is C14H18ClNO5. The number of phenolic OH excluding ortho intramolecular Hbond substituents is 1. The summed E-state index contributed by atoms with van der Waals surface area (Å²) < 4.78 is 5.01. The van der Waals surface area contributed by atoms with Crippen LogP contribution in [-0.4, -0.2) is 33.9 Å². The van der Waals surface area contributed by atoms with Crippen molar-refractivity contribution in [3.8, 4) is 5.75 Å². The predicted molar refractivity (Wildman–Crippen MR) is 77.6 cm³/mol. The lowest BCUT2D eigenvalue weighted by atomic mass is 10.1. The van der Waals surface area contributed by atoms with Crippen LogP contribution < -0.4 is 5.32 Å². The summed E-state index contributed by atoms with van der Waals surface area (Å²) in [5.41, 5.74) is -0.310. The summed E-state index contributed by atoms with van der Waals surface area (Å²) in [5, 5.41) is 21.1. The van der Waals surface area contributed by atoms with Crippen molar-refractivity contribution in [3.63, 3.8) is 0 Å². The molecule has 1 aromatic rings. The SMILES string of the molecule is CC(C)(C)OC(=O)N[C@H](Cc1cc(O)ccc1Cl)C(=O)O. The molecule has 1 aromatic carbocycles. The smallest absolute Gasteiger partial charge is 0.408 e. The Hall–Kier alpha value is -1.95. The molecule has 0 bridgehead atoms. The minimum Gasteiger partial charge on any atom is -0.508 e. The van der Waals surface area contributed by atoms with E-state index in [9.17, 15) is 14.7 Å². The first-order valence-corrected chi connectivity index (χ1v) is 6.66. The van der Waals surface area contributed by atoms with Crippen LogP contribution in [0.4, 0.5) is 4.79 Å². The molecule has 1 atom stereocenters. The molecule has 0 radical (unpaired) electrons. The topological polar surface area (TPSA) is 95.9 Å². The number of carbonyl (C=O) groups is 2. The highest BCUT2D eigenvalue weighted by Crippen LogP contribution is 2.22. The number of aliphatic carboxylic acids is 1. The molecular weight excluding hydrogens is 298 g/mol. The molecule has 7 heteroatoms. The van der Waals surface area contributed by atoms with Gasteiger partial charge in [-0.15, -0.1) is 0 Å². The Morgan fingerprint density at radius 2 is 2.00 bits per heavy atom. The molecule has 0 unspecified atom stereocenters. The standard InChI is InChI=1S/C14H18ClNO5/c1-14(2,3)21-13(20)16-11(12(18)19)7-8-6-9(17)4-5-10(8)15/h4-6,11,17H,7H2,1-3H3,(H,16,20)(H,18,19)/t11-/m1/s1. The summed E-state index contributed by atoms with van der Waals surface area (Å²) in [7, 11) is 0. The van der Waals surface area contributed by atoms with Crippen LogP contribution in [0, 0.1) is 0 Å². The molecule has 1 amide bonds. The molecule has 0 aliphatic carbocycles. The molecule has 0 aromatic heterocycles. The fourth-order valence-electron chi connectivity index (χ4n) is 1.59. The van der Waals surface area contributed by atoms with Gasteiger partial charge in [-0.1, -0.05) is 11.6 Å². The van der Waals surface area contributed by atoms with Crippen molar-refractivity contribution in [2.45, 2.75) is 38.8 Å². The fraction of sp³-hybridized carbons (Fsp3) is 0.429. The quantitative estimate of drug-likeness (QED) is 0.793. The summed E-state index contributed by atoms with van der Waals surface area (Å²) in [6.07, 6.45) is -0.895. The molecule has 6 nitrogen and oxygen atoms in total. The zero-order valence-electron chi connectivity index (χ0n) is 12.0. The van der Waals surface area contributed by atoms with Crippen LogP contribution in [-0.2, 0) is 16.0 Å². The van der Waals surface area contributed by atoms with Gasteiger partial charge in [0, 0.05) is 11.4 Å². The number of alkyl carbamates (subject to hydrolysis) is 1. The number of amides is 1. The molecule has 0 saturated heterocycles. The van der Waals surface area contributed by atoms with Crippen LogP contribution in [0.15, 0.2) is 18.2 Å². The molecule has 3 N–H and O–H groups in total. The van der Waals surface area contributed by atoms with Crippen LogP contribution in [0.5, 0.6) is 5.75 Å². The second kappa shape index (κ2) is 6.67. The Balaban J connectivity index is 2.81. The lowest BCUT2D eigenvalue weighted by molar-refractivity contribution is -0.139. The number of rotatable bonds is 4. The van der Waals surface area contributed by atoms with Crippen molar-refractivity contribution in [2.24, 2.45) is 0 Å². The van der Waals surface area contributed by atoms with E-state index in [4.69, 9.17) is 21.4 Å².